The van der Waals surface area contributed by atoms with Crippen LogP contribution in [-0.2, 0) is 63.6 Å². The summed E-state index contributed by atoms with van der Waals surface area (Å²) >= 11 is 1.09. The molecule has 17 nitrogen and oxygen atoms in total. The molecule has 0 aromatic carbocycles. The quantitative estimate of drug-likeness (QED) is 0.238. The molecule has 2 unspecified atom stereocenters. The van der Waals surface area contributed by atoms with Crippen LogP contribution in [0.3, 0.4) is 0 Å². The van der Waals surface area contributed by atoms with Crippen LogP contribution < -0.4 is 5.32 Å². The summed E-state index contributed by atoms with van der Waals surface area (Å²) < 4.78 is 51.4. The van der Waals surface area contributed by atoms with Gasteiger partial charge in [0.15, 0.2) is 18.2 Å². The summed E-state index contributed by atoms with van der Waals surface area (Å²) in [7, 11) is 6.80. The Morgan fingerprint density at radius 2 is 1.62 bits per heavy atom. The highest BCUT2D eigenvalue weighted by atomic mass is 32.2. The molecule has 1 aromatic heterocycles. The number of aliphatic hydroxyl groups is 2. The highest BCUT2D eigenvalue weighted by molar-refractivity contribution is 8.01. The zero-order valence-electron chi connectivity index (χ0n) is 41.4. The van der Waals surface area contributed by atoms with Crippen LogP contribution >= 0.6 is 11.8 Å². The first-order valence-electron chi connectivity index (χ1n) is 23.4. The predicted molar refractivity (Wildman–Crippen MR) is 245 cm³/mol. The number of likely N-dealkylation sites (N-methyl/N-ethyl adjacent to an activating group) is 1. The lowest BCUT2D eigenvalue weighted by molar-refractivity contribution is -0.319. The van der Waals surface area contributed by atoms with Crippen molar-refractivity contribution in [3.05, 3.63) is 30.1 Å². The number of rotatable bonds is 13. The van der Waals surface area contributed by atoms with Crippen molar-refractivity contribution in [2.24, 2.45) is 29.6 Å². The molecule has 4 fully saturated rings. The molecule has 0 radical (unpaired) electrons. The molecular formula is C48H77N3O14S. The number of Topliss-reactive ketones (excluding diaryl/α,β-unsaturated/α-hetero) is 1. The fourth-order valence-corrected chi connectivity index (χ4v) is 12.1. The summed E-state index contributed by atoms with van der Waals surface area (Å²) in [5, 5.41) is 24.8. The third-order valence-electron chi connectivity index (χ3n) is 14.9. The van der Waals surface area contributed by atoms with E-state index in [1.165, 1.54) is 14.2 Å². The topological polar surface area (TPSA) is 211 Å². The fraction of sp³-hybridized carbons (Fsp3) is 0.812. The van der Waals surface area contributed by atoms with E-state index in [-0.39, 0.29) is 55.4 Å². The number of pyridine rings is 1. The van der Waals surface area contributed by atoms with Crippen molar-refractivity contribution in [3.8, 4) is 0 Å². The third kappa shape index (κ3) is 11.6. The average molecular weight is 952 g/mol. The van der Waals surface area contributed by atoms with E-state index in [1.54, 1.807) is 52.9 Å². The van der Waals surface area contributed by atoms with Gasteiger partial charge >= 0.3 is 11.9 Å². The van der Waals surface area contributed by atoms with E-state index in [9.17, 15) is 24.6 Å². The van der Waals surface area contributed by atoms with Crippen LogP contribution in [0, 0.1) is 29.6 Å². The predicted octanol–water partition coefficient (Wildman–Crippen LogP) is 4.07. The molecule has 4 aliphatic rings. The number of aliphatic hydroxyl groups excluding tert-OH is 2. The number of nitrogens with zero attached hydrogens (tertiary/aromatic N) is 2. The van der Waals surface area contributed by atoms with E-state index >= 15 is 4.79 Å². The number of hydrogen-bond acceptors (Lipinski definition) is 17. The largest absolute Gasteiger partial charge is 0.458 e. The highest BCUT2D eigenvalue weighted by Crippen LogP contribution is 2.49. The van der Waals surface area contributed by atoms with Gasteiger partial charge in [-0.3, -0.25) is 24.2 Å². The van der Waals surface area contributed by atoms with Crippen LogP contribution in [0.1, 0.15) is 101 Å². The highest BCUT2D eigenvalue weighted by Gasteiger charge is 2.62. The summed E-state index contributed by atoms with van der Waals surface area (Å²) in [6, 6.07) is 5.09. The second kappa shape index (κ2) is 22.3. The van der Waals surface area contributed by atoms with Gasteiger partial charge in [0.25, 0.3) is 0 Å². The van der Waals surface area contributed by atoms with Crippen LogP contribution in [0.5, 0.6) is 0 Å². The standard InChI is InChI=1S/C48H77N3O14S/c1-15-33-48(10)36(40(44(57)65-48)66-24-34(52)50-23-31-18-16-17-19-49-31)27(4)37(53)25(2)21-47(9,59-14)42(64-45-38(54)32(51(11)12)20-26(3)60-45)28(5)39(29(6)43(56)62-33)63-35-22-46(8,58-13)41(55)30(7)61-35/h16-19,25-30,32-33,35-36,38-42,45,54-55H,15,20-24H2,1-14H3,(H,50,52)/t25-,26-,27-,28+,29-,30-,32+,33-,35+,36?,38-,39+,40?,41+,42-,45+,46-,47-,48-/m1/s1. The normalized spacial score (nSPS) is 42.8. The van der Waals surface area contributed by atoms with Crippen LogP contribution in [-0.4, -0.2) is 161 Å². The van der Waals surface area contributed by atoms with E-state index < -0.39 is 113 Å². The minimum absolute atomic E-state index is 0.107. The average Bonchev–Trinajstić information content (AvgIpc) is 3.55. The Morgan fingerprint density at radius 3 is 2.23 bits per heavy atom. The molecular weight excluding hydrogens is 875 g/mol. The number of carbonyl (C=O) groups is 4. The third-order valence-corrected chi connectivity index (χ3v) is 16.1. The molecule has 1 amide bonds. The zero-order chi connectivity index (χ0) is 49.1. The van der Waals surface area contributed by atoms with Gasteiger partial charge in [0, 0.05) is 56.6 Å². The van der Waals surface area contributed by atoms with Gasteiger partial charge in [0.2, 0.25) is 5.91 Å². The van der Waals surface area contributed by atoms with Crippen molar-refractivity contribution in [2.75, 3.05) is 34.1 Å². The molecule has 4 aliphatic heterocycles. The van der Waals surface area contributed by atoms with Gasteiger partial charge in [0.1, 0.15) is 29.3 Å². The maximum Gasteiger partial charge on any atom is 0.320 e. The van der Waals surface area contributed by atoms with Gasteiger partial charge in [-0.05, 0) is 87.0 Å². The molecule has 374 valence electrons. The van der Waals surface area contributed by atoms with Gasteiger partial charge < -0.3 is 58.3 Å². The molecule has 19 atom stereocenters. The molecule has 5 heterocycles. The number of esters is 2. The smallest absolute Gasteiger partial charge is 0.320 e. The van der Waals surface area contributed by atoms with E-state index in [0.29, 0.717) is 12.1 Å². The lowest BCUT2D eigenvalue weighted by Crippen LogP contribution is -2.61. The fourth-order valence-electron chi connectivity index (χ4n) is 10.8. The maximum absolute atomic E-state index is 15.0. The van der Waals surface area contributed by atoms with Crippen LogP contribution in [0.15, 0.2) is 24.4 Å². The Morgan fingerprint density at radius 1 is 0.939 bits per heavy atom. The molecule has 0 spiro atoms. The number of aromatic nitrogens is 1. The monoisotopic (exact) mass is 952 g/mol. The lowest BCUT2D eigenvalue weighted by atomic mass is 9.70. The Kier molecular flexibility index (Phi) is 18.3. The molecule has 66 heavy (non-hydrogen) atoms. The Bertz CT molecular complexity index is 1810. The number of amides is 1. The Labute approximate surface area is 395 Å². The molecule has 0 bridgehead atoms. The summed E-state index contributed by atoms with van der Waals surface area (Å²) in [4.78, 5) is 63.4. The van der Waals surface area contributed by atoms with Crippen molar-refractivity contribution < 1.29 is 67.3 Å². The molecule has 0 aliphatic carbocycles. The van der Waals surface area contributed by atoms with Crippen molar-refractivity contribution in [1.29, 1.82) is 0 Å². The minimum atomic E-state index is -1.48. The summed E-state index contributed by atoms with van der Waals surface area (Å²) in [6.07, 6.45) is -5.60. The molecule has 0 saturated carbocycles. The van der Waals surface area contributed by atoms with E-state index in [1.807, 2.05) is 59.7 Å². The van der Waals surface area contributed by atoms with Crippen molar-refractivity contribution in [1.82, 2.24) is 15.2 Å². The molecule has 18 heteroatoms. The summed E-state index contributed by atoms with van der Waals surface area (Å²) in [5.41, 5.74) is -3.16. The number of nitrogens with one attached hydrogen (secondary N) is 1. The first-order chi connectivity index (χ1) is 30.9. The van der Waals surface area contributed by atoms with Gasteiger partial charge in [0.05, 0.1) is 59.5 Å². The first kappa shape index (κ1) is 54.2. The number of ether oxygens (including phenoxy) is 8. The van der Waals surface area contributed by atoms with Crippen LogP contribution in [0.25, 0.3) is 0 Å². The number of cyclic esters (lactones) is 1. The Hall–Kier alpha value is -2.78. The van der Waals surface area contributed by atoms with Gasteiger partial charge in [-0.15, -0.1) is 11.8 Å². The molecule has 3 N–H and O–H groups in total. The number of hydrogen-bond donors (Lipinski definition) is 3. The van der Waals surface area contributed by atoms with Gasteiger partial charge in [-0.1, -0.05) is 33.8 Å². The van der Waals surface area contributed by atoms with E-state index in [0.717, 1.165) is 11.8 Å². The van der Waals surface area contributed by atoms with Gasteiger partial charge in [-0.2, -0.15) is 0 Å². The van der Waals surface area contributed by atoms with Crippen LogP contribution in [0.2, 0.25) is 0 Å². The van der Waals surface area contributed by atoms with Crippen molar-refractivity contribution in [2.45, 2.75) is 185 Å². The first-order valence-corrected chi connectivity index (χ1v) is 24.5. The summed E-state index contributed by atoms with van der Waals surface area (Å²) in [6.45, 7) is 18.1. The van der Waals surface area contributed by atoms with E-state index in [4.69, 9.17) is 37.9 Å². The number of thioether (sulfide) groups is 1. The SMILES string of the molecule is CC[C@H]1OC(=O)[C@H](C)[C@@H](O[C@H]2C[C@@](C)(OC)[C@@H](O)[C@@H](C)O2)[C@H](C)[C@@H](O[C@@H]2O[C@H](C)C[C@H](N(C)C)[C@H]2O)[C@](C)(OC)C[C@@H](C)C(=O)[C@H](C)C2C(SCC(=O)NCc3ccccn3)C(=O)O[C@@]21C. The zero-order valence-corrected chi connectivity index (χ0v) is 42.2. The second-order valence-corrected chi connectivity index (χ2v) is 21.1. The maximum atomic E-state index is 15.0. The molecule has 1 aromatic rings. The van der Waals surface area contributed by atoms with Crippen molar-refractivity contribution >= 4 is 35.4 Å². The lowest BCUT2D eigenvalue weighted by Gasteiger charge is -2.50. The molecule has 4 saturated heterocycles. The minimum Gasteiger partial charge on any atom is -0.458 e. The number of ketones is 1. The molecule has 5 rings (SSSR count). The Balaban J connectivity index is 1.58. The number of carbonyl (C=O) groups excluding carboxylic acids is 4. The number of fused-ring (bicyclic) bond motifs is 1. The van der Waals surface area contributed by atoms with Crippen LogP contribution in [0.4, 0.5) is 0 Å². The van der Waals surface area contributed by atoms with Gasteiger partial charge in [-0.25, -0.2) is 0 Å². The van der Waals surface area contributed by atoms with E-state index in [2.05, 4.69) is 10.3 Å². The summed E-state index contributed by atoms with van der Waals surface area (Å²) in [5.74, 6) is -6.05. The number of methoxy groups -OCH3 is 2. The van der Waals surface area contributed by atoms with Crippen molar-refractivity contribution in [3.63, 3.8) is 0 Å². The second-order valence-electron chi connectivity index (χ2n) is 19.9.